The SMILES string of the molecule is CCC(C)(C)CNCC1(COC)CCNCC1. The Morgan fingerprint density at radius 2 is 1.94 bits per heavy atom. The van der Waals surface area contributed by atoms with Crippen molar-refractivity contribution in [3.05, 3.63) is 0 Å². The summed E-state index contributed by atoms with van der Waals surface area (Å²) in [5, 5.41) is 7.10. The van der Waals surface area contributed by atoms with Gasteiger partial charge in [0, 0.05) is 25.6 Å². The van der Waals surface area contributed by atoms with Crippen molar-refractivity contribution in [3.8, 4) is 0 Å². The van der Waals surface area contributed by atoms with E-state index in [1.807, 2.05) is 7.11 Å². The van der Waals surface area contributed by atoms with Crippen LogP contribution in [0.15, 0.2) is 0 Å². The van der Waals surface area contributed by atoms with Crippen molar-refractivity contribution in [2.24, 2.45) is 10.8 Å². The van der Waals surface area contributed by atoms with Crippen LogP contribution in [0.1, 0.15) is 40.0 Å². The lowest BCUT2D eigenvalue weighted by atomic mass is 9.79. The molecule has 0 bridgehead atoms. The number of hydrogen-bond donors (Lipinski definition) is 2. The molecular weight excluding hydrogens is 212 g/mol. The van der Waals surface area contributed by atoms with Crippen LogP contribution >= 0.6 is 0 Å². The third-order valence-corrected chi connectivity index (χ3v) is 4.18. The zero-order valence-electron chi connectivity index (χ0n) is 12.1. The molecule has 1 aliphatic rings. The van der Waals surface area contributed by atoms with E-state index in [9.17, 15) is 0 Å². The van der Waals surface area contributed by atoms with Crippen molar-refractivity contribution in [1.82, 2.24) is 10.6 Å². The zero-order valence-corrected chi connectivity index (χ0v) is 12.1. The third-order valence-electron chi connectivity index (χ3n) is 4.18. The summed E-state index contributed by atoms with van der Waals surface area (Å²) in [6, 6.07) is 0. The molecule has 0 aromatic rings. The van der Waals surface area contributed by atoms with Crippen LogP contribution in [0.5, 0.6) is 0 Å². The Hall–Kier alpha value is -0.120. The van der Waals surface area contributed by atoms with Crippen molar-refractivity contribution in [1.29, 1.82) is 0 Å². The monoisotopic (exact) mass is 242 g/mol. The first-order valence-electron chi connectivity index (χ1n) is 6.94. The van der Waals surface area contributed by atoms with Gasteiger partial charge in [0.1, 0.15) is 0 Å². The minimum Gasteiger partial charge on any atom is -0.384 e. The summed E-state index contributed by atoms with van der Waals surface area (Å²) >= 11 is 0. The van der Waals surface area contributed by atoms with E-state index in [1.165, 1.54) is 19.3 Å². The maximum atomic E-state index is 5.43. The van der Waals surface area contributed by atoms with Crippen LogP contribution in [0.3, 0.4) is 0 Å². The maximum absolute atomic E-state index is 5.43. The number of methoxy groups -OCH3 is 1. The van der Waals surface area contributed by atoms with E-state index in [4.69, 9.17) is 4.74 Å². The van der Waals surface area contributed by atoms with E-state index < -0.39 is 0 Å². The van der Waals surface area contributed by atoms with Gasteiger partial charge in [0.2, 0.25) is 0 Å². The Morgan fingerprint density at radius 3 is 2.47 bits per heavy atom. The van der Waals surface area contributed by atoms with E-state index >= 15 is 0 Å². The van der Waals surface area contributed by atoms with Gasteiger partial charge in [-0.1, -0.05) is 20.8 Å². The van der Waals surface area contributed by atoms with Crippen molar-refractivity contribution >= 4 is 0 Å². The second-order valence-corrected chi connectivity index (χ2v) is 6.30. The molecule has 0 aromatic heterocycles. The van der Waals surface area contributed by atoms with Gasteiger partial charge >= 0.3 is 0 Å². The fraction of sp³-hybridized carbons (Fsp3) is 1.00. The minimum atomic E-state index is 0.351. The molecule has 0 saturated carbocycles. The molecule has 0 spiro atoms. The van der Waals surface area contributed by atoms with Crippen LogP contribution in [-0.4, -0.2) is 39.9 Å². The first kappa shape index (κ1) is 14.9. The average molecular weight is 242 g/mol. The summed E-state index contributed by atoms with van der Waals surface area (Å²) in [6.45, 7) is 12.2. The molecule has 1 aliphatic heterocycles. The Balaban J connectivity index is 2.39. The van der Waals surface area contributed by atoms with E-state index in [1.54, 1.807) is 0 Å². The molecule has 3 heteroatoms. The van der Waals surface area contributed by atoms with Crippen LogP contribution in [0.2, 0.25) is 0 Å². The molecule has 0 radical (unpaired) electrons. The van der Waals surface area contributed by atoms with Crippen molar-refractivity contribution in [2.45, 2.75) is 40.0 Å². The van der Waals surface area contributed by atoms with Crippen LogP contribution in [0.4, 0.5) is 0 Å². The van der Waals surface area contributed by atoms with Crippen LogP contribution in [-0.2, 0) is 4.74 Å². The van der Waals surface area contributed by atoms with E-state index in [2.05, 4.69) is 31.4 Å². The summed E-state index contributed by atoms with van der Waals surface area (Å²) < 4.78 is 5.43. The second-order valence-electron chi connectivity index (χ2n) is 6.30. The van der Waals surface area contributed by atoms with Gasteiger partial charge in [0.05, 0.1) is 6.61 Å². The molecule has 0 atom stereocenters. The lowest BCUT2D eigenvalue weighted by molar-refractivity contribution is 0.0517. The van der Waals surface area contributed by atoms with Crippen LogP contribution in [0, 0.1) is 10.8 Å². The molecule has 0 unspecified atom stereocenters. The normalized spacial score (nSPS) is 20.5. The molecule has 0 aliphatic carbocycles. The van der Waals surface area contributed by atoms with Gasteiger partial charge in [0.15, 0.2) is 0 Å². The second kappa shape index (κ2) is 6.72. The average Bonchev–Trinajstić information content (AvgIpc) is 2.30. The lowest BCUT2D eigenvalue weighted by Gasteiger charge is -2.38. The Morgan fingerprint density at radius 1 is 1.29 bits per heavy atom. The predicted molar refractivity (Wildman–Crippen MR) is 73.4 cm³/mol. The first-order chi connectivity index (χ1) is 8.04. The highest BCUT2D eigenvalue weighted by atomic mass is 16.5. The smallest absolute Gasteiger partial charge is 0.0531 e. The van der Waals surface area contributed by atoms with Gasteiger partial charge < -0.3 is 15.4 Å². The molecule has 2 N–H and O–H groups in total. The minimum absolute atomic E-state index is 0.351. The highest BCUT2D eigenvalue weighted by Crippen LogP contribution is 2.28. The number of rotatable bonds is 7. The number of piperidine rings is 1. The highest BCUT2D eigenvalue weighted by Gasteiger charge is 2.32. The summed E-state index contributed by atoms with van der Waals surface area (Å²) in [4.78, 5) is 0. The summed E-state index contributed by atoms with van der Waals surface area (Å²) in [5.41, 5.74) is 0.755. The molecule has 0 amide bonds. The molecule has 102 valence electrons. The molecule has 1 saturated heterocycles. The van der Waals surface area contributed by atoms with Crippen LogP contribution < -0.4 is 10.6 Å². The molecule has 1 fully saturated rings. The number of ether oxygens (including phenoxy) is 1. The summed E-state index contributed by atoms with van der Waals surface area (Å²) in [5.74, 6) is 0. The highest BCUT2D eigenvalue weighted by molar-refractivity contribution is 4.87. The molecule has 0 aromatic carbocycles. The molecular formula is C14H30N2O. The Bertz CT molecular complexity index is 205. The van der Waals surface area contributed by atoms with E-state index in [0.29, 0.717) is 10.8 Å². The largest absolute Gasteiger partial charge is 0.384 e. The molecule has 3 nitrogen and oxygen atoms in total. The Kier molecular flexibility index (Phi) is 5.90. The Labute approximate surface area is 107 Å². The fourth-order valence-electron chi connectivity index (χ4n) is 2.43. The van der Waals surface area contributed by atoms with Gasteiger partial charge in [-0.15, -0.1) is 0 Å². The topological polar surface area (TPSA) is 33.3 Å². The number of hydrogen-bond acceptors (Lipinski definition) is 3. The van der Waals surface area contributed by atoms with Crippen molar-refractivity contribution < 1.29 is 4.74 Å². The molecule has 1 heterocycles. The van der Waals surface area contributed by atoms with E-state index in [0.717, 1.165) is 32.8 Å². The fourth-order valence-corrected chi connectivity index (χ4v) is 2.43. The first-order valence-corrected chi connectivity index (χ1v) is 6.94. The van der Waals surface area contributed by atoms with Crippen LogP contribution in [0.25, 0.3) is 0 Å². The van der Waals surface area contributed by atoms with Gasteiger partial charge in [-0.25, -0.2) is 0 Å². The van der Waals surface area contributed by atoms with Crippen molar-refractivity contribution in [3.63, 3.8) is 0 Å². The lowest BCUT2D eigenvalue weighted by Crippen LogP contribution is -2.47. The summed E-state index contributed by atoms with van der Waals surface area (Å²) in [6.07, 6.45) is 3.67. The van der Waals surface area contributed by atoms with Gasteiger partial charge in [-0.3, -0.25) is 0 Å². The van der Waals surface area contributed by atoms with Gasteiger partial charge in [-0.2, -0.15) is 0 Å². The predicted octanol–water partition coefficient (Wildman–Crippen LogP) is 2.03. The van der Waals surface area contributed by atoms with Gasteiger partial charge in [0.25, 0.3) is 0 Å². The van der Waals surface area contributed by atoms with Gasteiger partial charge in [-0.05, 0) is 37.8 Å². The quantitative estimate of drug-likeness (QED) is 0.717. The van der Waals surface area contributed by atoms with E-state index in [-0.39, 0.29) is 0 Å². The zero-order chi connectivity index (χ0) is 12.8. The summed E-state index contributed by atoms with van der Waals surface area (Å²) in [7, 11) is 1.82. The number of nitrogens with one attached hydrogen (secondary N) is 2. The third kappa shape index (κ3) is 4.94. The van der Waals surface area contributed by atoms with Crippen molar-refractivity contribution in [2.75, 3.05) is 39.9 Å². The molecule has 17 heavy (non-hydrogen) atoms. The molecule has 1 rings (SSSR count). The maximum Gasteiger partial charge on any atom is 0.0531 e. The standard InChI is InChI=1S/C14H30N2O/c1-5-13(2,3)10-16-11-14(12-17-4)6-8-15-9-7-14/h15-16H,5-12H2,1-4H3.